The molecule has 1 N–H and O–H groups in total. The van der Waals surface area contributed by atoms with Crippen LogP contribution in [0.1, 0.15) is 23.3 Å². The molecule has 0 saturated carbocycles. The number of likely N-dealkylation sites (tertiary alicyclic amines) is 1. The third-order valence-corrected chi connectivity index (χ3v) is 3.66. The molecule has 2 aromatic heterocycles. The number of hydrogen-bond acceptors (Lipinski definition) is 3. The number of nitrogens with zero attached hydrogens (tertiary/aromatic N) is 3. The minimum Gasteiger partial charge on any atom is -0.348 e. The Hall–Kier alpha value is -1.88. The van der Waals surface area contributed by atoms with Crippen molar-refractivity contribution in [3.63, 3.8) is 0 Å². The largest absolute Gasteiger partial charge is 0.348 e. The van der Waals surface area contributed by atoms with Crippen LogP contribution in [0.25, 0.3) is 5.52 Å². The van der Waals surface area contributed by atoms with Gasteiger partial charge in [-0.1, -0.05) is 6.07 Å². The van der Waals surface area contributed by atoms with Gasteiger partial charge in [0.1, 0.15) is 0 Å². The van der Waals surface area contributed by atoms with Gasteiger partial charge in [-0.2, -0.15) is 5.10 Å². The number of rotatable bonds is 2. The molecule has 1 fully saturated rings. The maximum Gasteiger partial charge on any atom is 0.272 e. The standard InChI is InChI=1S/C14H18N4O/c1-17-8-5-11(6-9-17)15-14(19)13-10-12-4-2-3-7-18(12)16-13/h2-4,7,10-11H,5-6,8-9H2,1H3,(H,15,19). The van der Waals surface area contributed by atoms with Crippen LogP contribution in [0.2, 0.25) is 0 Å². The van der Waals surface area contributed by atoms with Gasteiger partial charge in [0.05, 0.1) is 5.52 Å². The Morgan fingerprint density at radius 3 is 2.89 bits per heavy atom. The second kappa shape index (κ2) is 5.01. The molecule has 0 aliphatic carbocycles. The fourth-order valence-electron chi connectivity index (χ4n) is 2.46. The lowest BCUT2D eigenvalue weighted by atomic mass is 10.1. The summed E-state index contributed by atoms with van der Waals surface area (Å²) in [6.45, 7) is 2.08. The summed E-state index contributed by atoms with van der Waals surface area (Å²) in [6, 6.07) is 7.88. The van der Waals surface area contributed by atoms with E-state index in [9.17, 15) is 4.79 Å². The van der Waals surface area contributed by atoms with Crippen LogP contribution in [-0.2, 0) is 0 Å². The first-order valence-corrected chi connectivity index (χ1v) is 6.66. The van der Waals surface area contributed by atoms with Gasteiger partial charge in [0.2, 0.25) is 0 Å². The Balaban J connectivity index is 1.70. The molecule has 5 heteroatoms. The zero-order chi connectivity index (χ0) is 13.2. The Labute approximate surface area is 112 Å². The molecule has 19 heavy (non-hydrogen) atoms. The molecule has 3 rings (SSSR count). The number of fused-ring (bicyclic) bond motifs is 1. The van der Waals surface area contributed by atoms with E-state index < -0.39 is 0 Å². The summed E-state index contributed by atoms with van der Waals surface area (Å²) < 4.78 is 1.73. The predicted molar refractivity (Wildman–Crippen MR) is 73.2 cm³/mol. The maximum atomic E-state index is 12.2. The van der Waals surface area contributed by atoms with E-state index in [1.807, 2.05) is 30.5 Å². The summed E-state index contributed by atoms with van der Waals surface area (Å²) >= 11 is 0. The average Bonchev–Trinajstić information content (AvgIpc) is 2.85. The highest BCUT2D eigenvalue weighted by atomic mass is 16.2. The third kappa shape index (κ3) is 2.61. The zero-order valence-corrected chi connectivity index (χ0v) is 11.0. The van der Waals surface area contributed by atoms with Crippen molar-refractivity contribution in [1.82, 2.24) is 19.8 Å². The second-order valence-electron chi connectivity index (χ2n) is 5.15. The van der Waals surface area contributed by atoms with E-state index in [0.29, 0.717) is 5.69 Å². The normalized spacial score (nSPS) is 17.7. The lowest BCUT2D eigenvalue weighted by molar-refractivity contribution is 0.0911. The van der Waals surface area contributed by atoms with Crippen LogP contribution in [-0.4, -0.2) is 46.6 Å². The Kier molecular flexibility index (Phi) is 3.21. The molecule has 0 aromatic carbocycles. The third-order valence-electron chi connectivity index (χ3n) is 3.66. The Morgan fingerprint density at radius 2 is 2.16 bits per heavy atom. The topological polar surface area (TPSA) is 49.6 Å². The molecule has 0 atom stereocenters. The lowest BCUT2D eigenvalue weighted by Crippen LogP contribution is -2.43. The Morgan fingerprint density at radius 1 is 1.37 bits per heavy atom. The van der Waals surface area contributed by atoms with Crippen LogP contribution in [0.3, 0.4) is 0 Å². The number of carbonyl (C=O) groups excluding carboxylic acids is 1. The molecule has 0 spiro atoms. The number of hydrogen-bond donors (Lipinski definition) is 1. The van der Waals surface area contributed by atoms with Crippen LogP contribution >= 0.6 is 0 Å². The number of pyridine rings is 1. The molecule has 0 unspecified atom stereocenters. The molecule has 100 valence electrons. The smallest absolute Gasteiger partial charge is 0.272 e. The summed E-state index contributed by atoms with van der Waals surface area (Å²) in [7, 11) is 2.11. The van der Waals surface area contributed by atoms with Gasteiger partial charge in [-0.15, -0.1) is 0 Å². The number of amides is 1. The molecule has 1 aliphatic heterocycles. The molecule has 2 aromatic rings. The van der Waals surface area contributed by atoms with E-state index in [1.54, 1.807) is 4.52 Å². The van der Waals surface area contributed by atoms with Crippen LogP contribution in [0, 0.1) is 0 Å². The summed E-state index contributed by atoms with van der Waals surface area (Å²) in [5, 5.41) is 7.36. The van der Waals surface area contributed by atoms with Crippen LogP contribution < -0.4 is 5.32 Å². The van der Waals surface area contributed by atoms with E-state index in [2.05, 4.69) is 22.4 Å². The first kappa shape index (κ1) is 12.2. The molecule has 1 aliphatic rings. The lowest BCUT2D eigenvalue weighted by Gasteiger charge is -2.29. The molecular formula is C14H18N4O. The van der Waals surface area contributed by atoms with Crippen LogP contribution in [0.4, 0.5) is 0 Å². The highest BCUT2D eigenvalue weighted by molar-refractivity contribution is 5.93. The van der Waals surface area contributed by atoms with Crippen molar-refractivity contribution in [2.75, 3.05) is 20.1 Å². The maximum absolute atomic E-state index is 12.2. The van der Waals surface area contributed by atoms with E-state index >= 15 is 0 Å². The van der Waals surface area contributed by atoms with Gasteiger partial charge in [-0.05, 0) is 51.2 Å². The minimum atomic E-state index is -0.0711. The van der Waals surface area contributed by atoms with Crippen LogP contribution in [0.5, 0.6) is 0 Å². The van der Waals surface area contributed by atoms with Gasteiger partial charge in [0, 0.05) is 12.2 Å². The van der Waals surface area contributed by atoms with Crippen molar-refractivity contribution in [2.24, 2.45) is 0 Å². The molecular weight excluding hydrogens is 240 g/mol. The fraction of sp³-hybridized carbons (Fsp3) is 0.429. The average molecular weight is 258 g/mol. The molecule has 5 nitrogen and oxygen atoms in total. The van der Waals surface area contributed by atoms with Crippen molar-refractivity contribution >= 4 is 11.4 Å². The van der Waals surface area contributed by atoms with Crippen molar-refractivity contribution in [3.8, 4) is 0 Å². The second-order valence-corrected chi connectivity index (χ2v) is 5.15. The number of piperidine rings is 1. The first-order chi connectivity index (χ1) is 9.22. The van der Waals surface area contributed by atoms with Gasteiger partial charge in [-0.25, -0.2) is 4.52 Å². The number of carbonyl (C=O) groups is 1. The first-order valence-electron chi connectivity index (χ1n) is 6.66. The predicted octanol–water partition coefficient (Wildman–Crippen LogP) is 1.16. The Bertz CT molecular complexity index is 551. The molecule has 3 heterocycles. The van der Waals surface area contributed by atoms with Gasteiger partial charge in [-0.3, -0.25) is 4.79 Å². The van der Waals surface area contributed by atoms with Gasteiger partial charge in [0.15, 0.2) is 5.69 Å². The summed E-state index contributed by atoms with van der Waals surface area (Å²) in [5.74, 6) is -0.0711. The van der Waals surface area contributed by atoms with Crippen molar-refractivity contribution in [3.05, 3.63) is 36.2 Å². The molecule has 1 amide bonds. The monoisotopic (exact) mass is 258 g/mol. The SMILES string of the molecule is CN1CCC(NC(=O)c2cc3ccccn3n2)CC1. The summed E-state index contributed by atoms with van der Waals surface area (Å²) in [4.78, 5) is 14.4. The van der Waals surface area contributed by atoms with Crippen molar-refractivity contribution in [1.29, 1.82) is 0 Å². The summed E-state index contributed by atoms with van der Waals surface area (Å²) in [6.07, 6.45) is 3.87. The van der Waals surface area contributed by atoms with E-state index in [-0.39, 0.29) is 11.9 Å². The highest BCUT2D eigenvalue weighted by Gasteiger charge is 2.20. The molecule has 0 radical (unpaired) electrons. The van der Waals surface area contributed by atoms with E-state index in [0.717, 1.165) is 31.4 Å². The number of nitrogens with one attached hydrogen (secondary N) is 1. The van der Waals surface area contributed by atoms with Crippen LogP contribution in [0.15, 0.2) is 30.5 Å². The summed E-state index contributed by atoms with van der Waals surface area (Å²) in [5.41, 5.74) is 1.43. The quantitative estimate of drug-likeness (QED) is 0.879. The highest BCUT2D eigenvalue weighted by Crippen LogP contribution is 2.10. The van der Waals surface area contributed by atoms with E-state index in [1.165, 1.54) is 0 Å². The molecule has 0 bridgehead atoms. The van der Waals surface area contributed by atoms with Gasteiger partial charge < -0.3 is 10.2 Å². The van der Waals surface area contributed by atoms with Crippen molar-refractivity contribution < 1.29 is 4.79 Å². The van der Waals surface area contributed by atoms with Gasteiger partial charge in [0.25, 0.3) is 5.91 Å². The van der Waals surface area contributed by atoms with Gasteiger partial charge >= 0.3 is 0 Å². The molecule has 1 saturated heterocycles. The fourth-order valence-corrected chi connectivity index (χ4v) is 2.46. The van der Waals surface area contributed by atoms with Crippen molar-refractivity contribution in [2.45, 2.75) is 18.9 Å². The zero-order valence-electron chi connectivity index (χ0n) is 11.0. The van der Waals surface area contributed by atoms with E-state index in [4.69, 9.17) is 0 Å². The minimum absolute atomic E-state index is 0.0711. The number of aromatic nitrogens is 2.